The number of ether oxygens (including phenoxy) is 1. The second-order valence-electron chi connectivity index (χ2n) is 8.50. The minimum Gasteiger partial charge on any atom is -0.378 e. The summed E-state index contributed by atoms with van der Waals surface area (Å²) in [6, 6.07) is 5.19. The highest BCUT2D eigenvalue weighted by Crippen LogP contribution is 2.53. The SMILES string of the molecule is Cl.O=C(c1ncc(Nc2cccc(C(F)(F)F)c2)c2c1C1CCC2CC1)N1CCOCC1. The van der Waals surface area contributed by atoms with Crippen molar-refractivity contribution in [1.82, 2.24) is 9.88 Å². The van der Waals surface area contributed by atoms with Crippen molar-refractivity contribution in [2.24, 2.45) is 0 Å². The van der Waals surface area contributed by atoms with Crippen molar-refractivity contribution in [2.75, 3.05) is 31.6 Å². The van der Waals surface area contributed by atoms with Crippen LogP contribution in [0.2, 0.25) is 0 Å². The zero-order valence-electron chi connectivity index (χ0n) is 17.5. The number of morpholine rings is 1. The zero-order valence-corrected chi connectivity index (χ0v) is 18.3. The topological polar surface area (TPSA) is 54.5 Å². The summed E-state index contributed by atoms with van der Waals surface area (Å²) in [7, 11) is 0. The first kappa shape index (κ1) is 22.9. The molecule has 1 aromatic heterocycles. The van der Waals surface area contributed by atoms with Crippen molar-refractivity contribution in [3.8, 4) is 0 Å². The number of anilines is 2. The standard InChI is InChI=1S/C23H24F3N3O2.ClH/c24-23(25,26)16-2-1-3-17(12-16)28-18-13-27-21(22(30)29-8-10-31-11-9-29)20-15-6-4-14(5-7-15)19(18)20;/h1-3,12-15,28H,4-11H2;1H. The molecule has 0 atom stereocenters. The minimum absolute atomic E-state index is 0. The third-order valence-corrected chi connectivity index (χ3v) is 6.67. The summed E-state index contributed by atoms with van der Waals surface area (Å²) in [4.78, 5) is 19.6. The zero-order chi connectivity index (χ0) is 21.6. The van der Waals surface area contributed by atoms with Gasteiger partial charge >= 0.3 is 6.18 Å². The molecular formula is C23H25ClF3N3O2. The number of rotatable bonds is 3. The van der Waals surface area contributed by atoms with Gasteiger partial charge < -0.3 is 15.0 Å². The van der Waals surface area contributed by atoms with E-state index in [4.69, 9.17) is 4.74 Å². The number of carbonyl (C=O) groups excluding carboxylic acids is 1. The lowest BCUT2D eigenvalue weighted by molar-refractivity contribution is -0.137. The van der Waals surface area contributed by atoms with Crippen LogP contribution in [-0.4, -0.2) is 42.1 Å². The Morgan fingerprint density at radius 3 is 2.38 bits per heavy atom. The van der Waals surface area contributed by atoms with Gasteiger partial charge in [0.1, 0.15) is 5.69 Å². The number of benzene rings is 1. The Labute approximate surface area is 190 Å². The smallest absolute Gasteiger partial charge is 0.378 e. The van der Waals surface area contributed by atoms with Gasteiger partial charge in [0.05, 0.1) is 30.7 Å². The second kappa shape index (κ2) is 8.90. The van der Waals surface area contributed by atoms with Crippen molar-refractivity contribution in [1.29, 1.82) is 0 Å². The van der Waals surface area contributed by atoms with Gasteiger partial charge in [-0.25, -0.2) is 4.98 Å². The molecule has 2 fully saturated rings. The average molecular weight is 468 g/mol. The van der Waals surface area contributed by atoms with Gasteiger partial charge in [-0.3, -0.25) is 4.79 Å². The Morgan fingerprint density at radius 2 is 1.72 bits per heavy atom. The molecule has 1 saturated heterocycles. The van der Waals surface area contributed by atoms with Crippen molar-refractivity contribution >= 4 is 29.7 Å². The fourth-order valence-electron chi connectivity index (χ4n) is 5.18. The van der Waals surface area contributed by atoms with Gasteiger partial charge in [-0.05, 0) is 66.8 Å². The predicted molar refractivity (Wildman–Crippen MR) is 117 cm³/mol. The number of nitrogens with one attached hydrogen (secondary N) is 1. The summed E-state index contributed by atoms with van der Waals surface area (Å²) >= 11 is 0. The maximum absolute atomic E-state index is 13.2. The normalized spacial score (nSPS) is 22.2. The maximum Gasteiger partial charge on any atom is 0.416 e. The molecule has 0 radical (unpaired) electrons. The number of fused-ring (bicyclic) bond motifs is 2. The molecule has 1 aliphatic heterocycles. The van der Waals surface area contributed by atoms with E-state index in [1.165, 1.54) is 6.07 Å². The molecule has 1 N–H and O–H groups in total. The van der Waals surface area contributed by atoms with Crippen molar-refractivity contribution in [3.63, 3.8) is 0 Å². The molecule has 6 rings (SSSR count). The third-order valence-electron chi connectivity index (χ3n) is 6.67. The molecule has 0 spiro atoms. The lowest BCUT2D eigenvalue weighted by Gasteiger charge is -2.40. The maximum atomic E-state index is 13.2. The first-order valence-corrected chi connectivity index (χ1v) is 10.8. The molecule has 5 nitrogen and oxygen atoms in total. The summed E-state index contributed by atoms with van der Waals surface area (Å²) in [5.41, 5.74) is 2.94. The number of nitrogens with zero attached hydrogens (tertiary/aromatic N) is 2. The van der Waals surface area contributed by atoms with Gasteiger partial charge in [0.25, 0.3) is 5.91 Å². The fraction of sp³-hybridized carbons (Fsp3) is 0.478. The number of pyridine rings is 1. The molecule has 1 amide bonds. The van der Waals surface area contributed by atoms with Gasteiger partial charge in [-0.1, -0.05) is 6.07 Å². The van der Waals surface area contributed by atoms with E-state index in [-0.39, 0.29) is 24.2 Å². The first-order chi connectivity index (χ1) is 14.9. The van der Waals surface area contributed by atoms with Crippen LogP contribution in [0.1, 0.15) is 64.7 Å². The molecule has 172 valence electrons. The third kappa shape index (κ3) is 4.18. The largest absolute Gasteiger partial charge is 0.416 e. The van der Waals surface area contributed by atoms with E-state index >= 15 is 0 Å². The number of alkyl halides is 3. The molecule has 1 saturated carbocycles. The van der Waals surface area contributed by atoms with Gasteiger partial charge in [0, 0.05) is 18.8 Å². The molecule has 0 unspecified atom stereocenters. The fourth-order valence-corrected chi connectivity index (χ4v) is 5.18. The van der Waals surface area contributed by atoms with Crippen LogP contribution in [0.25, 0.3) is 0 Å². The highest BCUT2D eigenvalue weighted by atomic mass is 35.5. The molecule has 9 heteroatoms. The first-order valence-electron chi connectivity index (χ1n) is 10.8. The highest BCUT2D eigenvalue weighted by molar-refractivity contribution is 5.95. The molecule has 32 heavy (non-hydrogen) atoms. The number of hydrogen-bond donors (Lipinski definition) is 1. The van der Waals surface area contributed by atoms with Crippen LogP contribution in [-0.2, 0) is 10.9 Å². The van der Waals surface area contributed by atoms with Crippen LogP contribution >= 0.6 is 12.4 Å². The van der Waals surface area contributed by atoms with Crippen molar-refractivity contribution in [2.45, 2.75) is 43.7 Å². The molecule has 2 bridgehead atoms. The lowest BCUT2D eigenvalue weighted by Crippen LogP contribution is -2.42. The van der Waals surface area contributed by atoms with Gasteiger partial charge in [0.2, 0.25) is 0 Å². The molecule has 2 heterocycles. The van der Waals surface area contributed by atoms with E-state index in [0.717, 1.165) is 48.9 Å². The Hall–Kier alpha value is -2.32. The van der Waals surface area contributed by atoms with Crippen LogP contribution in [0.4, 0.5) is 24.5 Å². The highest BCUT2D eigenvalue weighted by Gasteiger charge is 2.39. The van der Waals surface area contributed by atoms with Crippen LogP contribution in [0.5, 0.6) is 0 Å². The Bertz CT molecular complexity index is 1000. The number of halogens is 4. The van der Waals surface area contributed by atoms with Crippen molar-refractivity contribution in [3.05, 3.63) is 52.8 Å². The van der Waals surface area contributed by atoms with E-state index in [9.17, 15) is 18.0 Å². The second-order valence-corrected chi connectivity index (χ2v) is 8.50. The molecule has 4 aliphatic rings. The summed E-state index contributed by atoms with van der Waals surface area (Å²) in [5.74, 6) is 0.501. The van der Waals surface area contributed by atoms with Crippen LogP contribution in [0, 0.1) is 0 Å². The monoisotopic (exact) mass is 467 g/mol. The van der Waals surface area contributed by atoms with E-state index in [2.05, 4.69) is 10.3 Å². The van der Waals surface area contributed by atoms with E-state index < -0.39 is 11.7 Å². The van der Waals surface area contributed by atoms with Crippen LogP contribution in [0.3, 0.4) is 0 Å². The van der Waals surface area contributed by atoms with E-state index in [1.807, 2.05) is 0 Å². The van der Waals surface area contributed by atoms with Crippen molar-refractivity contribution < 1.29 is 22.7 Å². The Kier molecular flexibility index (Phi) is 6.36. The van der Waals surface area contributed by atoms with Crippen LogP contribution < -0.4 is 5.32 Å². The van der Waals surface area contributed by atoms with Crippen LogP contribution in [0.15, 0.2) is 30.5 Å². The average Bonchev–Trinajstić information content (AvgIpc) is 2.80. The molecule has 2 aromatic rings. The van der Waals surface area contributed by atoms with E-state index in [0.29, 0.717) is 49.3 Å². The number of amides is 1. The molecule has 3 aliphatic carbocycles. The van der Waals surface area contributed by atoms with Gasteiger partial charge in [0.15, 0.2) is 0 Å². The Morgan fingerprint density at radius 1 is 1.06 bits per heavy atom. The number of hydrogen-bond acceptors (Lipinski definition) is 4. The Balaban J connectivity index is 0.00000245. The van der Waals surface area contributed by atoms with E-state index in [1.54, 1.807) is 17.2 Å². The van der Waals surface area contributed by atoms with Gasteiger partial charge in [-0.15, -0.1) is 12.4 Å². The number of carbonyl (C=O) groups is 1. The summed E-state index contributed by atoms with van der Waals surface area (Å²) in [6.07, 6.45) is 1.33. The quantitative estimate of drug-likeness (QED) is 0.648. The molecule has 1 aromatic carbocycles. The number of aromatic nitrogens is 1. The summed E-state index contributed by atoms with van der Waals surface area (Å²) in [6.45, 7) is 2.14. The summed E-state index contributed by atoms with van der Waals surface area (Å²) < 4.78 is 44.8. The predicted octanol–water partition coefficient (Wildman–Crippen LogP) is 5.49. The lowest BCUT2D eigenvalue weighted by atomic mass is 9.66. The minimum atomic E-state index is -4.40. The summed E-state index contributed by atoms with van der Waals surface area (Å²) in [5, 5.41) is 3.17. The molecular weight excluding hydrogens is 443 g/mol. The van der Waals surface area contributed by atoms with Gasteiger partial charge in [-0.2, -0.15) is 13.2 Å².